The molecule has 94 valence electrons. The number of rotatable bonds is 3. The Morgan fingerprint density at radius 2 is 1.94 bits per heavy atom. The lowest BCUT2D eigenvalue weighted by Gasteiger charge is -2.01. The molecular weight excluding hydrogens is 246 g/mol. The van der Waals surface area contributed by atoms with Crippen LogP contribution in [0.15, 0.2) is 23.6 Å². The lowest BCUT2D eigenvalue weighted by molar-refractivity contribution is 0.0526. The predicted molar refractivity (Wildman–Crippen MR) is 73.0 cm³/mol. The Balaban J connectivity index is 2.32. The third-order valence-corrected chi connectivity index (χ3v) is 3.29. The number of esters is 1. The molecule has 0 radical (unpaired) electrons. The number of thiazole rings is 1. The number of benzene rings is 1. The van der Waals surface area contributed by atoms with Gasteiger partial charge in [-0.25, -0.2) is 9.78 Å². The molecule has 3 nitrogen and oxygen atoms in total. The highest BCUT2D eigenvalue weighted by molar-refractivity contribution is 7.11. The van der Waals surface area contributed by atoms with Gasteiger partial charge < -0.3 is 4.74 Å². The Hall–Kier alpha value is -1.68. The minimum atomic E-state index is -0.349. The molecule has 4 heteroatoms. The number of ether oxygens (including phenoxy) is 1. The van der Waals surface area contributed by atoms with Crippen molar-refractivity contribution in [2.24, 2.45) is 0 Å². The highest BCUT2D eigenvalue weighted by Gasteiger charge is 2.13. The standard InChI is InChI=1S/C14H15NO2S/c1-4-17-14(16)13-15-12(8-18-13)11-6-9(2)5-10(3)7-11/h5-8H,4H2,1-3H3. The van der Waals surface area contributed by atoms with Crippen LogP contribution in [0.5, 0.6) is 0 Å². The van der Waals surface area contributed by atoms with E-state index in [4.69, 9.17) is 4.74 Å². The maximum Gasteiger partial charge on any atom is 0.367 e. The number of carbonyl (C=O) groups is 1. The van der Waals surface area contributed by atoms with Gasteiger partial charge in [-0.1, -0.05) is 17.2 Å². The van der Waals surface area contributed by atoms with Crippen molar-refractivity contribution in [2.75, 3.05) is 6.61 Å². The predicted octanol–water partition coefficient (Wildman–Crippen LogP) is 3.60. The van der Waals surface area contributed by atoms with E-state index in [0.717, 1.165) is 11.3 Å². The van der Waals surface area contributed by atoms with Crippen LogP contribution in [0.2, 0.25) is 0 Å². The number of hydrogen-bond donors (Lipinski definition) is 0. The SMILES string of the molecule is CCOC(=O)c1nc(-c2cc(C)cc(C)c2)cs1. The second-order valence-corrected chi connectivity index (χ2v) is 4.99. The molecule has 2 rings (SSSR count). The first kappa shape index (κ1) is 12.8. The lowest BCUT2D eigenvalue weighted by Crippen LogP contribution is -2.03. The summed E-state index contributed by atoms with van der Waals surface area (Å²) in [4.78, 5) is 15.9. The van der Waals surface area contributed by atoms with E-state index in [1.54, 1.807) is 6.92 Å². The first-order valence-electron chi connectivity index (χ1n) is 5.81. The average Bonchev–Trinajstić information content (AvgIpc) is 2.77. The highest BCUT2D eigenvalue weighted by atomic mass is 32.1. The second-order valence-electron chi connectivity index (χ2n) is 4.13. The van der Waals surface area contributed by atoms with Gasteiger partial charge in [0.15, 0.2) is 0 Å². The number of aryl methyl sites for hydroxylation is 2. The van der Waals surface area contributed by atoms with E-state index in [9.17, 15) is 4.79 Å². The molecule has 0 spiro atoms. The van der Waals surface area contributed by atoms with Gasteiger partial charge in [0.2, 0.25) is 5.01 Å². The van der Waals surface area contributed by atoms with Crippen LogP contribution in [0.25, 0.3) is 11.3 Å². The second kappa shape index (κ2) is 5.31. The summed E-state index contributed by atoms with van der Waals surface area (Å²) in [5.74, 6) is -0.349. The van der Waals surface area contributed by atoms with Gasteiger partial charge in [-0.3, -0.25) is 0 Å². The van der Waals surface area contributed by atoms with Crippen LogP contribution in [0.1, 0.15) is 27.9 Å². The maximum atomic E-state index is 11.5. The van der Waals surface area contributed by atoms with E-state index >= 15 is 0 Å². The van der Waals surface area contributed by atoms with Gasteiger partial charge in [0, 0.05) is 10.9 Å². The fourth-order valence-corrected chi connectivity index (χ4v) is 2.53. The van der Waals surface area contributed by atoms with Gasteiger partial charge in [-0.15, -0.1) is 11.3 Å². The highest BCUT2D eigenvalue weighted by Crippen LogP contribution is 2.24. The molecule has 0 fully saturated rings. The Kier molecular flexibility index (Phi) is 3.77. The van der Waals surface area contributed by atoms with Crippen LogP contribution >= 0.6 is 11.3 Å². The van der Waals surface area contributed by atoms with Crippen molar-refractivity contribution < 1.29 is 9.53 Å². The van der Waals surface area contributed by atoms with Crippen molar-refractivity contribution in [3.8, 4) is 11.3 Å². The van der Waals surface area contributed by atoms with Crippen molar-refractivity contribution >= 4 is 17.3 Å². The van der Waals surface area contributed by atoms with Crippen LogP contribution in [-0.2, 0) is 4.74 Å². The normalized spacial score (nSPS) is 10.4. The molecule has 1 heterocycles. The van der Waals surface area contributed by atoms with Crippen molar-refractivity contribution in [3.05, 3.63) is 39.7 Å². The minimum absolute atomic E-state index is 0.349. The molecule has 1 aromatic carbocycles. The summed E-state index contributed by atoms with van der Waals surface area (Å²) >= 11 is 1.32. The Morgan fingerprint density at radius 3 is 2.56 bits per heavy atom. The van der Waals surface area contributed by atoms with Crippen LogP contribution < -0.4 is 0 Å². The number of nitrogens with zero attached hydrogens (tertiary/aromatic N) is 1. The van der Waals surface area contributed by atoms with E-state index in [1.165, 1.54) is 22.5 Å². The van der Waals surface area contributed by atoms with E-state index in [0.29, 0.717) is 11.6 Å². The topological polar surface area (TPSA) is 39.2 Å². The largest absolute Gasteiger partial charge is 0.461 e. The van der Waals surface area contributed by atoms with E-state index in [2.05, 4.69) is 37.0 Å². The molecule has 2 aromatic rings. The zero-order valence-electron chi connectivity index (χ0n) is 10.7. The van der Waals surface area contributed by atoms with Crippen LogP contribution in [0, 0.1) is 13.8 Å². The molecule has 18 heavy (non-hydrogen) atoms. The zero-order valence-corrected chi connectivity index (χ0v) is 11.5. The van der Waals surface area contributed by atoms with Crippen molar-refractivity contribution in [1.29, 1.82) is 0 Å². The molecule has 1 aromatic heterocycles. The van der Waals surface area contributed by atoms with Gasteiger partial charge >= 0.3 is 5.97 Å². The van der Waals surface area contributed by atoms with Crippen molar-refractivity contribution in [2.45, 2.75) is 20.8 Å². The fourth-order valence-electron chi connectivity index (χ4n) is 1.82. The first-order valence-corrected chi connectivity index (χ1v) is 6.69. The summed E-state index contributed by atoms with van der Waals surface area (Å²) in [7, 11) is 0. The molecule has 0 atom stereocenters. The van der Waals surface area contributed by atoms with E-state index in [-0.39, 0.29) is 5.97 Å². The summed E-state index contributed by atoms with van der Waals surface area (Å²) in [6, 6.07) is 6.25. The number of aromatic nitrogens is 1. The summed E-state index contributed by atoms with van der Waals surface area (Å²) in [6.07, 6.45) is 0. The molecule has 0 saturated carbocycles. The molecule has 0 unspecified atom stereocenters. The summed E-state index contributed by atoms with van der Waals surface area (Å²) in [6.45, 7) is 6.26. The van der Waals surface area contributed by atoms with Gasteiger partial charge in [-0.2, -0.15) is 0 Å². The summed E-state index contributed by atoms with van der Waals surface area (Å²) in [5.41, 5.74) is 4.25. The van der Waals surface area contributed by atoms with Gasteiger partial charge in [0.05, 0.1) is 12.3 Å². The van der Waals surface area contributed by atoms with E-state index < -0.39 is 0 Å². The Bertz CT molecular complexity index is 555. The van der Waals surface area contributed by atoms with Crippen LogP contribution in [0.3, 0.4) is 0 Å². The van der Waals surface area contributed by atoms with Crippen molar-refractivity contribution in [1.82, 2.24) is 4.98 Å². The monoisotopic (exact) mass is 261 g/mol. The molecule has 0 aliphatic heterocycles. The zero-order chi connectivity index (χ0) is 13.1. The Morgan fingerprint density at radius 1 is 1.28 bits per heavy atom. The summed E-state index contributed by atoms with van der Waals surface area (Å²) < 4.78 is 4.93. The van der Waals surface area contributed by atoms with Gasteiger partial charge in [0.25, 0.3) is 0 Å². The molecule has 0 aliphatic rings. The third kappa shape index (κ3) is 2.76. The Labute approximate surface area is 110 Å². The maximum absolute atomic E-state index is 11.5. The van der Waals surface area contributed by atoms with Crippen LogP contribution in [-0.4, -0.2) is 17.6 Å². The number of carbonyl (C=O) groups excluding carboxylic acids is 1. The first-order chi connectivity index (χ1) is 8.60. The molecular formula is C14H15NO2S. The molecule has 0 N–H and O–H groups in total. The fraction of sp³-hybridized carbons (Fsp3) is 0.286. The van der Waals surface area contributed by atoms with E-state index in [1.807, 2.05) is 5.38 Å². The molecule has 0 bridgehead atoms. The van der Waals surface area contributed by atoms with Gasteiger partial charge in [-0.05, 0) is 32.9 Å². The lowest BCUT2D eigenvalue weighted by atomic mass is 10.1. The molecule has 0 saturated heterocycles. The third-order valence-electron chi connectivity index (χ3n) is 2.47. The summed E-state index contributed by atoms with van der Waals surface area (Å²) in [5, 5.41) is 2.30. The molecule has 0 amide bonds. The van der Waals surface area contributed by atoms with Crippen LogP contribution in [0.4, 0.5) is 0 Å². The smallest absolute Gasteiger partial charge is 0.367 e. The number of hydrogen-bond acceptors (Lipinski definition) is 4. The van der Waals surface area contributed by atoms with Gasteiger partial charge in [0.1, 0.15) is 0 Å². The average molecular weight is 261 g/mol. The minimum Gasteiger partial charge on any atom is -0.461 e. The quantitative estimate of drug-likeness (QED) is 0.792. The van der Waals surface area contributed by atoms with Crippen molar-refractivity contribution in [3.63, 3.8) is 0 Å². The molecule has 0 aliphatic carbocycles.